The van der Waals surface area contributed by atoms with Crippen molar-refractivity contribution in [2.24, 2.45) is 5.92 Å². The number of hydrogen-bond acceptors (Lipinski definition) is 5. The van der Waals surface area contributed by atoms with Crippen LogP contribution in [-0.4, -0.2) is 57.4 Å². The second-order valence-corrected chi connectivity index (χ2v) is 7.27. The molecular formula is C17H24N4O3. The maximum atomic E-state index is 13.0. The molecule has 1 aromatic heterocycles. The second kappa shape index (κ2) is 6.18. The van der Waals surface area contributed by atoms with Crippen molar-refractivity contribution in [3.63, 3.8) is 0 Å². The lowest BCUT2D eigenvalue weighted by Crippen LogP contribution is -2.50. The Kier molecular flexibility index (Phi) is 4.02. The average Bonchev–Trinajstić information content (AvgIpc) is 3.17. The summed E-state index contributed by atoms with van der Waals surface area (Å²) in [5.41, 5.74) is 0. The van der Waals surface area contributed by atoms with Crippen molar-refractivity contribution in [2.45, 2.75) is 57.4 Å². The predicted octanol–water partition coefficient (Wildman–Crippen LogP) is 1.49. The molecule has 1 aliphatic carbocycles. The largest absolute Gasteiger partial charge is 0.340 e. The van der Waals surface area contributed by atoms with E-state index in [2.05, 4.69) is 10.1 Å². The number of aryl methyl sites for hydroxylation is 1. The van der Waals surface area contributed by atoms with Gasteiger partial charge < -0.3 is 14.3 Å². The number of carbonyl (C=O) groups is 2. The van der Waals surface area contributed by atoms with Gasteiger partial charge in [-0.15, -0.1) is 0 Å². The van der Waals surface area contributed by atoms with E-state index >= 15 is 0 Å². The molecule has 2 saturated heterocycles. The minimum Gasteiger partial charge on any atom is -0.340 e. The molecule has 7 nitrogen and oxygen atoms in total. The molecule has 0 N–H and O–H groups in total. The molecule has 2 aliphatic heterocycles. The van der Waals surface area contributed by atoms with E-state index in [1.165, 1.54) is 0 Å². The lowest BCUT2D eigenvalue weighted by Gasteiger charge is -2.35. The monoisotopic (exact) mass is 332 g/mol. The number of piperidine rings is 1. The zero-order valence-corrected chi connectivity index (χ0v) is 14.1. The van der Waals surface area contributed by atoms with Crippen LogP contribution in [0.2, 0.25) is 0 Å². The summed E-state index contributed by atoms with van der Waals surface area (Å²) in [5.74, 6) is 1.83. The molecule has 1 saturated carbocycles. The van der Waals surface area contributed by atoms with E-state index in [0.29, 0.717) is 18.3 Å². The van der Waals surface area contributed by atoms with Crippen LogP contribution in [0.3, 0.4) is 0 Å². The topological polar surface area (TPSA) is 79.5 Å². The number of rotatable bonds is 3. The molecule has 0 aromatic carbocycles. The number of nitrogens with zero attached hydrogens (tertiary/aromatic N) is 4. The van der Waals surface area contributed by atoms with E-state index in [4.69, 9.17) is 4.52 Å². The Labute approximate surface area is 141 Å². The molecular weight excluding hydrogens is 308 g/mol. The molecule has 24 heavy (non-hydrogen) atoms. The summed E-state index contributed by atoms with van der Waals surface area (Å²) in [7, 11) is 0. The molecule has 0 unspecified atom stereocenters. The van der Waals surface area contributed by atoms with Crippen LogP contribution in [0.25, 0.3) is 0 Å². The van der Waals surface area contributed by atoms with Gasteiger partial charge in [0.2, 0.25) is 17.7 Å². The summed E-state index contributed by atoms with van der Waals surface area (Å²) in [5, 5.41) is 3.86. The van der Waals surface area contributed by atoms with Crippen LogP contribution >= 0.6 is 0 Å². The Balaban J connectivity index is 1.44. The Bertz CT molecular complexity index is 640. The summed E-state index contributed by atoms with van der Waals surface area (Å²) in [6.45, 7) is 3.90. The molecule has 7 heteroatoms. The second-order valence-electron chi connectivity index (χ2n) is 7.27. The van der Waals surface area contributed by atoms with Gasteiger partial charge in [0.15, 0.2) is 5.82 Å². The van der Waals surface area contributed by atoms with Crippen LogP contribution in [0, 0.1) is 12.8 Å². The van der Waals surface area contributed by atoms with E-state index in [1.54, 1.807) is 6.92 Å². The number of likely N-dealkylation sites (tertiary alicyclic amines) is 2. The van der Waals surface area contributed by atoms with Crippen LogP contribution in [0.15, 0.2) is 4.52 Å². The normalized spacial score (nSPS) is 27.5. The third-order valence-corrected chi connectivity index (χ3v) is 5.37. The smallest absolute Gasteiger partial charge is 0.245 e. The van der Waals surface area contributed by atoms with Gasteiger partial charge in [-0.1, -0.05) is 5.16 Å². The van der Waals surface area contributed by atoms with Gasteiger partial charge in [-0.3, -0.25) is 9.59 Å². The molecule has 0 spiro atoms. The highest BCUT2D eigenvalue weighted by atomic mass is 16.5. The van der Waals surface area contributed by atoms with Gasteiger partial charge in [0.25, 0.3) is 0 Å². The molecule has 0 bridgehead atoms. The molecule has 3 aliphatic rings. The number of carbonyl (C=O) groups excluding carboxylic acids is 2. The first-order valence-electron chi connectivity index (χ1n) is 9.03. The fourth-order valence-electron chi connectivity index (χ4n) is 3.92. The molecule has 130 valence electrons. The highest BCUT2D eigenvalue weighted by Gasteiger charge is 2.42. The van der Waals surface area contributed by atoms with Crippen LogP contribution < -0.4 is 0 Å². The van der Waals surface area contributed by atoms with Crippen LogP contribution in [0.4, 0.5) is 0 Å². The first-order valence-corrected chi connectivity index (χ1v) is 9.03. The lowest BCUT2D eigenvalue weighted by molar-refractivity contribution is -0.145. The van der Waals surface area contributed by atoms with Crippen molar-refractivity contribution < 1.29 is 14.1 Å². The van der Waals surface area contributed by atoms with Crippen LogP contribution in [-0.2, 0) is 9.59 Å². The fraction of sp³-hybridized carbons (Fsp3) is 0.765. The highest BCUT2D eigenvalue weighted by Crippen LogP contribution is 2.34. The van der Waals surface area contributed by atoms with Gasteiger partial charge in [-0.05, 0) is 45.4 Å². The SMILES string of the molecule is Cc1noc([C@H]2CCCN(C(=O)[C@H]3CCCN3C(=O)C3CC3)C2)n1. The summed E-state index contributed by atoms with van der Waals surface area (Å²) in [6.07, 6.45) is 5.58. The van der Waals surface area contributed by atoms with E-state index < -0.39 is 0 Å². The quantitative estimate of drug-likeness (QED) is 0.838. The molecule has 0 radical (unpaired) electrons. The molecule has 4 rings (SSSR count). The maximum absolute atomic E-state index is 13.0. The van der Waals surface area contributed by atoms with Crippen molar-refractivity contribution in [3.05, 3.63) is 11.7 Å². The number of aromatic nitrogens is 2. The Morgan fingerprint density at radius 1 is 1.08 bits per heavy atom. The van der Waals surface area contributed by atoms with E-state index in [1.807, 2.05) is 9.80 Å². The fourth-order valence-corrected chi connectivity index (χ4v) is 3.92. The molecule has 2 amide bonds. The third kappa shape index (κ3) is 2.91. The lowest BCUT2D eigenvalue weighted by atomic mass is 9.97. The summed E-state index contributed by atoms with van der Waals surface area (Å²) < 4.78 is 5.29. The first kappa shape index (κ1) is 15.6. The van der Waals surface area contributed by atoms with Crippen molar-refractivity contribution in [1.29, 1.82) is 0 Å². The standard InChI is InChI=1S/C17H24N4O3/c1-11-18-15(24-19-11)13-4-2-8-20(10-13)17(23)14-5-3-9-21(14)16(22)12-6-7-12/h12-14H,2-10H2,1H3/t13-,14+/m0/s1. The number of hydrogen-bond donors (Lipinski definition) is 0. The molecule has 3 fully saturated rings. The third-order valence-electron chi connectivity index (χ3n) is 5.37. The minimum absolute atomic E-state index is 0.0995. The predicted molar refractivity (Wildman–Crippen MR) is 85.0 cm³/mol. The summed E-state index contributed by atoms with van der Waals surface area (Å²) >= 11 is 0. The Morgan fingerprint density at radius 2 is 1.88 bits per heavy atom. The first-order chi connectivity index (χ1) is 11.6. The average molecular weight is 332 g/mol. The van der Waals surface area contributed by atoms with Crippen LogP contribution in [0.5, 0.6) is 0 Å². The van der Waals surface area contributed by atoms with Crippen molar-refractivity contribution in [3.8, 4) is 0 Å². The van der Waals surface area contributed by atoms with E-state index in [9.17, 15) is 9.59 Å². The molecule has 2 atom stereocenters. The Hall–Kier alpha value is -1.92. The van der Waals surface area contributed by atoms with Crippen molar-refractivity contribution in [1.82, 2.24) is 19.9 Å². The summed E-state index contributed by atoms with van der Waals surface area (Å²) in [4.78, 5) is 33.5. The van der Waals surface area contributed by atoms with Crippen molar-refractivity contribution >= 4 is 11.8 Å². The van der Waals surface area contributed by atoms with Gasteiger partial charge >= 0.3 is 0 Å². The zero-order chi connectivity index (χ0) is 16.7. The Morgan fingerprint density at radius 3 is 2.58 bits per heavy atom. The maximum Gasteiger partial charge on any atom is 0.245 e. The van der Waals surface area contributed by atoms with Gasteiger partial charge in [0.05, 0.1) is 5.92 Å². The minimum atomic E-state index is -0.263. The van der Waals surface area contributed by atoms with Gasteiger partial charge in [0.1, 0.15) is 6.04 Å². The molecule has 3 heterocycles. The van der Waals surface area contributed by atoms with Gasteiger partial charge in [0, 0.05) is 25.6 Å². The highest BCUT2D eigenvalue weighted by molar-refractivity contribution is 5.90. The van der Waals surface area contributed by atoms with Gasteiger partial charge in [-0.25, -0.2) is 0 Å². The van der Waals surface area contributed by atoms with E-state index in [0.717, 1.165) is 51.6 Å². The molecule has 1 aromatic rings. The van der Waals surface area contributed by atoms with Crippen molar-refractivity contribution in [2.75, 3.05) is 19.6 Å². The van der Waals surface area contributed by atoms with E-state index in [-0.39, 0.29) is 29.7 Å². The zero-order valence-electron chi connectivity index (χ0n) is 14.1. The van der Waals surface area contributed by atoms with Crippen LogP contribution in [0.1, 0.15) is 56.2 Å². The number of amides is 2. The van der Waals surface area contributed by atoms with Gasteiger partial charge in [-0.2, -0.15) is 4.98 Å². The summed E-state index contributed by atoms with van der Waals surface area (Å²) in [6, 6.07) is -0.263.